The van der Waals surface area contributed by atoms with Crippen molar-refractivity contribution in [1.82, 2.24) is 4.31 Å². The maximum Gasteiger partial charge on any atom is 0.243 e. The Hall–Kier alpha value is -0.390. The van der Waals surface area contributed by atoms with E-state index in [-0.39, 0.29) is 6.04 Å². The molecule has 5 heteroatoms. The zero-order valence-corrected chi connectivity index (χ0v) is 13.7. The highest BCUT2D eigenvalue weighted by atomic mass is 79.9. The van der Waals surface area contributed by atoms with Crippen molar-refractivity contribution in [3.63, 3.8) is 0 Å². The summed E-state index contributed by atoms with van der Waals surface area (Å²) in [6, 6.07) is 7.17. The average Bonchev–Trinajstić information content (AvgIpc) is 3.13. The van der Waals surface area contributed by atoms with Crippen LogP contribution in [0.4, 0.5) is 0 Å². The number of benzene rings is 1. The minimum absolute atomic E-state index is 0.211. The van der Waals surface area contributed by atoms with Crippen molar-refractivity contribution in [2.45, 2.75) is 44.0 Å². The first-order valence-corrected chi connectivity index (χ1v) is 8.92. The highest BCUT2D eigenvalue weighted by Gasteiger charge is 2.37. The fourth-order valence-electron chi connectivity index (χ4n) is 2.01. The molecule has 2 rings (SSSR count). The Morgan fingerprint density at radius 2 is 2.05 bits per heavy atom. The van der Waals surface area contributed by atoms with E-state index in [9.17, 15) is 8.42 Å². The standard InChI is InChI=1S/C14H20BrNO2S/c1-11(2)8-9-16(13-6-7-13)19(17,18)14-5-3-4-12(15)10-14/h3-5,10-11,13H,6-9H2,1-2H3. The van der Waals surface area contributed by atoms with Gasteiger partial charge in [-0.3, -0.25) is 0 Å². The van der Waals surface area contributed by atoms with Gasteiger partial charge < -0.3 is 0 Å². The van der Waals surface area contributed by atoms with Crippen LogP contribution in [-0.4, -0.2) is 25.3 Å². The zero-order valence-electron chi connectivity index (χ0n) is 11.3. The Bertz CT molecular complexity index is 538. The molecule has 1 saturated carbocycles. The van der Waals surface area contributed by atoms with Crippen LogP contribution in [0.2, 0.25) is 0 Å². The van der Waals surface area contributed by atoms with Crippen LogP contribution < -0.4 is 0 Å². The van der Waals surface area contributed by atoms with Gasteiger partial charge in [0.25, 0.3) is 0 Å². The second kappa shape index (κ2) is 5.94. The van der Waals surface area contributed by atoms with E-state index in [0.717, 1.165) is 23.7 Å². The van der Waals surface area contributed by atoms with Gasteiger partial charge in [0, 0.05) is 17.1 Å². The number of nitrogens with zero attached hydrogens (tertiary/aromatic N) is 1. The van der Waals surface area contributed by atoms with Crippen molar-refractivity contribution in [1.29, 1.82) is 0 Å². The highest BCUT2D eigenvalue weighted by molar-refractivity contribution is 9.10. The fraction of sp³-hybridized carbons (Fsp3) is 0.571. The number of halogens is 1. The summed E-state index contributed by atoms with van der Waals surface area (Å²) in [7, 11) is -3.35. The van der Waals surface area contributed by atoms with Crippen LogP contribution in [0.25, 0.3) is 0 Å². The van der Waals surface area contributed by atoms with Crippen molar-refractivity contribution in [3.05, 3.63) is 28.7 Å². The number of hydrogen-bond donors (Lipinski definition) is 0. The summed E-state index contributed by atoms with van der Waals surface area (Å²) in [5.74, 6) is 0.513. The van der Waals surface area contributed by atoms with E-state index in [1.807, 2.05) is 6.07 Å². The topological polar surface area (TPSA) is 37.4 Å². The Labute approximate surface area is 124 Å². The van der Waals surface area contributed by atoms with Gasteiger partial charge in [-0.05, 0) is 43.4 Å². The summed E-state index contributed by atoms with van der Waals surface area (Å²) in [5, 5.41) is 0. The molecule has 0 saturated heterocycles. The lowest BCUT2D eigenvalue weighted by molar-refractivity contribution is 0.373. The largest absolute Gasteiger partial charge is 0.243 e. The Morgan fingerprint density at radius 1 is 1.37 bits per heavy atom. The summed E-state index contributed by atoms with van der Waals surface area (Å²) >= 11 is 3.34. The van der Waals surface area contributed by atoms with Gasteiger partial charge in [-0.15, -0.1) is 0 Å². The monoisotopic (exact) mass is 345 g/mol. The second-order valence-electron chi connectivity index (χ2n) is 5.49. The third kappa shape index (κ3) is 3.80. The predicted octanol–water partition coefficient (Wildman–Crippen LogP) is 3.65. The third-order valence-electron chi connectivity index (χ3n) is 3.28. The molecule has 0 heterocycles. The smallest absolute Gasteiger partial charge is 0.207 e. The summed E-state index contributed by atoms with van der Waals surface area (Å²) in [4.78, 5) is 0.387. The lowest BCUT2D eigenvalue weighted by Gasteiger charge is -2.22. The van der Waals surface area contributed by atoms with Gasteiger partial charge in [-0.1, -0.05) is 35.8 Å². The van der Waals surface area contributed by atoms with Crippen LogP contribution in [0, 0.1) is 5.92 Å². The second-order valence-corrected chi connectivity index (χ2v) is 8.29. The molecule has 1 aromatic carbocycles. The van der Waals surface area contributed by atoms with Gasteiger partial charge in [0.15, 0.2) is 0 Å². The Morgan fingerprint density at radius 3 is 2.58 bits per heavy atom. The third-order valence-corrected chi connectivity index (χ3v) is 5.72. The van der Waals surface area contributed by atoms with E-state index in [4.69, 9.17) is 0 Å². The van der Waals surface area contributed by atoms with Crippen LogP contribution >= 0.6 is 15.9 Å². The summed E-state index contributed by atoms with van der Waals surface area (Å²) in [6.07, 6.45) is 2.89. The minimum atomic E-state index is -3.35. The van der Waals surface area contributed by atoms with Gasteiger partial charge >= 0.3 is 0 Å². The zero-order chi connectivity index (χ0) is 14.0. The molecular formula is C14H20BrNO2S. The number of hydrogen-bond acceptors (Lipinski definition) is 2. The molecule has 0 N–H and O–H groups in total. The SMILES string of the molecule is CC(C)CCN(C1CC1)S(=O)(=O)c1cccc(Br)c1. The number of rotatable bonds is 6. The lowest BCUT2D eigenvalue weighted by atomic mass is 10.1. The molecule has 0 amide bonds. The first-order chi connectivity index (χ1) is 8.91. The van der Waals surface area contributed by atoms with Gasteiger partial charge in [-0.25, -0.2) is 8.42 Å². The van der Waals surface area contributed by atoms with E-state index in [2.05, 4.69) is 29.8 Å². The van der Waals surface area contributed by atoms with E-state index >= 15 is 0 Å². The molecule has 3 nitrogen and oxygen atoms in total. The molecule has 0 spiro atoms. The first-order valence-electron chi connectivity index (χ1n) is 6.68. The molecule has 1 aromatic rings. The molecule has 0 atom stereocenters. The fourth-order valence-corrected chi connectivity index (χ4v) is 4.31. The van der Waals surface area contributed by atoms with Crippen molar-refractivity contribution < 1.29 is 8.42 Å². The molecule has 19 heavy (non-hydrogen) atoms. The van der Waals surface area contributed by atoms with Crippen molar-refractivity contribution in [2.24, 2.45) is 5.92 Å². The molecule has 106 valence electrons. The van der Waals surface area contributed by atoms with E-state index in [0.29, 0.717) is 17.4 Å². The van der Waals surface area contributed by atoms with Crippen molar-refractivity contribution >= 4 is 26.0 Å². The lowest BCUT2D eigenvalue weighted by Crippen LogP contribution is -2.34. The molecular weight excluding hydrogens is 326 g/mol. The van der Waals surface area contributed by atoms with Crippen LogP contribution in [0.1, 0.15) is 33.1 Å². The normalized spacial score (nSPS) is 16.3. The van der Waals surface area contributed by atoms with Gasteiger partial charge in [0.1, 0.15) is 0 Å². The number of sulfonamides is 1. The molecule has 1 aliphatic rings. The van der Waals surface area contributed by atoms with Gasteiger partial charge in [0.2, 0.25) is 10.0 Å². The molecule has 0 radical (unpaired) electrons. The van der Waals surface area contributed by atoms with Crippen LogP contribution in [0.15, 0.2) is 33.6 Å². The molecule has 0 aromatic heterocycles. The minimum Gasteiger partial charge on any atom is -0.207 e. The van der Waals surface area contributed by atoms with Crippen LogP contribution in [0.3, 0.4) is 0 Å². The molecule has 1 fully saturated rings. The molecule has 1 aliphatic carbocycles. The predicted molar refractivity (Wildman–Crippen MR) is 80.5 cm³/mol. The summed E-state index contributed by atoms with van der Waals surface area (Å²) in [5.41, 5.74) is 0. The highest BCUT2D eigenvalue weighted by Crippen LogP contribution is 2.33. The maximum atomic E-state index is 12.7. The van der Waals surface area contributed by atoms with Crippen LogP contribution in [0.5, 0.6) is 0 Å². The summed E-state index contributed by atoms with van der Waals surface area (Å²) in [6.45, 7) is 4.87. The summed E-state index contributed by atoms with van der Waals surface area (Å²) < 4.78 is 27.9. The van der Waals surface area contributed by atoms with E-state index < -0.39 is 10.0 Å². The average molecular weight is 346 g/mol. The van der Waals surface area contributed by atoms with E-state index in [1.54, 1.807) is 22.5 Å². The Balaban J connectivity index is 2.24. The van der Waals surface area contributed by atoms with E-state index in [1.165, 1.54) is 0 Å². The van der Waals surface area contributed by atoms with Gasteiger partial charge in [0.05, 0.1) is 4.90 Å². The Kier molecular flexibility index (Phi) is 4.69. The molecule has 0 bridgehead atoms. The molecule has 0 aliphatic heterocycles. The van der Waals surface area contributed by atoms with Crippen molar-refractivity contribution in [3.8, 4) is 0 Å². The first kappa shape index (κ1) is 15.0. The van der Waals surface area contributed by atoms with Crippen LogP contribution in [-0.2, 0) is 10.0 Å². The maximum absolute atomic E-state index is 12.7. The molecule has 0 unspecified atom stereocenters. The quantitative estimate of drug-likeness (QED) is 0.789. The van der Waals surface area contributed by atoms with Gasteiger partial charge in [-0.2, -0.15) is 4.31 Å². The van der Waals surface area contributed by atoms with Crippen molar-refractivity contribution in [2.75, 3.05) is 6.54 Å².